The van der Waals surface area contributed by atoms with Gasteiger partial charge in [0.1, 0.15) is 11.6 Å². The van der Waals surface area contributed by atoms with Crippen LogP contribution in [0.2, 0.25) is 0 Å². The van der Waals surface area contributed by atoms with Gasteiger partial charge in [0, 0.05) is 24.2 Å². The standard InChI is InChI=1S/C20H20F2N4O2/c21-12-5-6-13(22)16-15(12)20(18(28)24-16)7-9-26(10-8-20)19-23-14-4-2-1-3-11(14)17(27)25-19/h5-6H,1-4,7-10H2,(H,24,28)(H,23,25,27). The Bertz CT molecular complexity index is 1040. The van der Waals surface area contributed by atoms with Crippen LogP contribution in [0.1, 0.15) is 42.5 Å². The molecule has 3 aliphatic rings. The summed E-state index contributed by atoms with van der Waals surface area (Å²) in [7, 11) is 0. The Kier molecular flexibility index (Phi) is 3.79. The van der Waals surface area contributed by atoms with Crippen molar-refractivity contribution in [1.82, 2.24) is 9.97 Å². The zero-order valence-corrected chi connectivity index (χ0v) is 15.3. The monoisotopic (exact) mass is 386 g/mol. The molecule has 0 saturated carbocycles. The molecule has 2 aromatic rings. The number of benzene rings is 1. The largest absolute Gasteiger partial charge is 0.342 e. The zero-order chi connectivity index (χ0) is 19.5. The molecule has 1 saturated heterocycles. The number of carbonyl (C=O) groups excluding carboxylic acids is 1. The molecule has 1 aromatic carbocycles. The highest BCUT2D eigenvalue weighted by molar-refractivity contribution is 6.06. The summed E-state index contributed by atoms with van der Waals surface area (Å²) in [5.41, 5.74) is 0.527. The first-order chi connectivity index (χ1) is 13.5. The quantitative estimate of drug-likeness (QED) is 0.789. The Labute approximate surface area is 160 Å². The Morgan fingerprint density at radius 2 is 1.75 bits per heavy atom. The number of nitrogens with one attached hydrogen (secondary N) is 2. The summed E-state index contributed by atoms with van der Waals surface area (Å²) in [5.74, 6) is -1.05. The maximum atomic E-state index is 14.5. The lowest BCUT2D eigenvalue weighted by molar-refractivity contribution is -0.121. The first kappa shape index (κ1) is 17.3. The maximum absolute atomic E-state index is 14.5. The average molecular weight is 386 g/mol. The Hall–Kier alpha value is -2.77. The number of aromatic nitrogens is 2. The van der Waals surface area contributed by atoms with Crippen LogP contribution < -0.4 is 15.8 Å². The number of aryl methyl sites for hydroxylation is 1. The van der Waals surface area contributed by atoms with Crippen LogP contribution in [-0.2, 0) is 23.1 Å². The second kappa shape index (κ2) is 6.12. The smallest absolute Gasteiger partial charge is 0.255 e. The predicted molar refractivity (Wildman–Crippen MR) is 99.6 cm³/mol. The van der Waals surface area contributed by atoms with E-state index in [1.165, 1.54) is 0 Å². The summed E-state index contributed by atoms with van der Waals surface area (Å²) in [5, 5.41) is 2.53. The van der Waals surface area contributed by atoms with E-state index in [0.717, 1.165) is 49.1 Å². The maximum Gasteiger partial charge on any atom is 0.255 e. The van der Waals surface area contributed by atoms with Crippen LogP contribution in [0, 0.1) is 11.6 Å². The van der Waals surface area contributed by atoms with Crippen LogP contribution in [0.25, 0.3) is 0 Å². The van der Waals surface area contributed by atoms with Crippen LogP contribution in [0.3, 0.4) is 0 Å². The second-order valence-corrected chi connectivity index (χ2v) is 7.82. The van der Waals surface area contributed by atoms with Crippen LogP contribution in [0.4, 0.5) is 20.4 Å². The summed E-state index contributed by atoms with van der Waals surface area (Å²) in [6.45, 7) is 0.842. The first-order valence-electron chi connectivity index (χ1n) is 9.66. The van der Waals surface area contributed by atoms with Crippen molar-refractivity contribution in [2.24, 2.45) is 0 Å². The number of hydrogen-bond acceptors (Lipinski definition) is 4. The van der Waals surface area contributed by atoms with E-state index < -0.39 is 17.0 Å². The van der Waals surface area contributed by atoms with E-state index in [-0.39, 0.29) is 22.7 Å². The molecule has 0 radical (unpaired) electrons. The Morgan fingerprint density at radius 3 is 2.54 bits per heavy atom. The third kappa shape index (κ3) is 2.40. The fourth-order valence-corrected chi connectivity index (χ4v) is 4.81. The molecule has 1 fully saturated rings. The number of hydrogen-bond donors (Lipinski definition) is 2. The summed E-state index contributed by atoms with van der Waals surface area (Å²) in [6, 6.07) is 2.11. The third-order valence-corrected chi connectivity index (χ3v) is 6.35. The highest BCUT2D eigenvalue weighted by Gasteiger charge is 2.51. The number of anilines is 2. The van der Waals surface area contributed by atoms with Crippen molar-refractivity contribution in [3.63, 3.8) is 0 Å². The zero-order valence-electron chi connectivity index (χ0n) is 15.3. The molecule has 1 aromatic heterocycles. The summed E-state index contributed by atoms with van der Waals surface area (Å²) in [6.07, 6.45) is 4.22. The highest BCUT2D eigenvalue weighted by atomic mass is 19.1. The minimum Gasteiger partial charge on any atom is -0.342 e. The molecule has 1 spiro atoms. The van der Waals surface area contributed by atoms with Gasteiger partial charge in [-0.1, -0.05) is 0 Å². The van der Waals surface area contributed by atoms with Gasteiger partial charge in [0.15, 0.2) is 0 Å². The van der Waals surface area contributed by atoms with Crippen molar-refractivity contribution in [3.8, 4) is 0 Å². The lowest BCUT2D eigenvalue weighted by Gasteiger charge is -2.38. The van der Waals surface area contributed by atoms with Crippen molar-refractivity contribution in [2.45, 2.75) is 43.9 Å². The minimum atomic E-state index is -1.08. The van der Waals surface area contributed by atoms with Gasteiger partial charge in [-0.3, -0.25) is 14.6 Å². The normalized spacial score (nSPS) is 20.1. The molecule has 146 valence electrons. The van der Waals surface area contributed by atoms with Crippen LogP contribution in [0.5, 0.6) is 0 Å². The van der Waals surface area contributed by atoms with Crippen molar-refractivity contribution in [2.75, 3.05) is 23.3 Å². The number of aromatic amines is 1. The fourth-order valence-electron chi connectivity index (χ4n) is 4.81. The molecular formula is C20H20F2N4O2. The van der Waals surface area contributed by atoms with Gasteiger partial charge in [-0.25, -0.2) is 13.8 Å². The molecule has 0 unspecified atom stereocenters. The van der Waals surface area contributed by atoms with Gasteiger partial charge in [-0.2, -0.15) is 0 Å². The van der Waals surface area contributed by atoms with Gasteiger partial charge in [0.05, 0.1) is 16.8 Å². The van der Waals surface area contributed by atoms with Gasteiger partial charge in [0.25, 0.3) is 5.56 Å². The predicted octanol–water partition coefficient (Wildman–Crippen LogP) is 2.42. The lowest BCUT2D eigenvalue weighted by atomic mass is 9.73. The number of fused-ring (bicyclic) bond motifs is 3. The molecule has 0 bridgehead atoms. The van der Waals surface area contributed by atoms with E-state index in [1.54, 1.807) is 0 Å². The van der Waals surface area contributed by atoms with Gasteiger partial charge in [-0.05, 0) is 50.7 Å². The molecule has 28 heavy (non-hydrogen) atoms. The number of H-pyrrole nitrogens is 1. The second-order valence-electron chi connectivity index (χ2n) is 7.82. The van der Waals surface area contributed by atoms with Gasteiger partial charge < -0.3 is 10.2 Å². The number of amides is 1. The van der Waals surface area contributed by atoms with E-state index in [1.807, 2.05) is 4.90 Å². The number of halogens is 2. The SMILES string of the molecule is O=C1Nc2c(F)ccc(F)c2C12CCN(c1nc3c(c(=O)[nH]1)CCCC3)CC2. The summed E-state index contributed by atoms with van der Waals surface area (Å²) < 4.78 is 28.6. The van der Waals surface area contributed by atoms with Crippen molar-refractivity contribution < 1.29 is 13.6 Å². The molecule has 1 aliphatic carbocycles. The van der Waals surface area contributed by atoms with Crippen LogP contribution in [-0.4, -0.2) is 29.0 Å². The number of rotatable bonds is 1. The van der Waals surface area contributed by atoms with E-state index >= 15 is 0 Å². The molecule has 6 nitrogen and oxygen atoms in total. The summed E-state index contributed by atoms with van der Waals surface area (Å²) >= 11 is 0. The Balaban J connectivity index is 1.45. The molecule has 8 heteroatoms. The van der Waals surface area contributed by atoms with Crippen molar-refractivity contribution in [1.29, 1.82) is 0 Å². The molecule has 1 amide bonds. The Morgan fingerprint density at radius 1 is 1.04 bits per heavy atom. The molecule has 2 aliphatic heterocycles. The van der Waals surface area contributed by atoms with E-state index in [9.17, 15) is 18.4 Å². The van der Waals surface area contributed by atoms with Gasteiger partial charge >= 0.3 is 0 Å². The first-order valence-corrected chi connectivity index (χ1v) is 9.66. The number of nitrogens with zero attached hydrogens (tertiary/aromatic N) is 2. The number of piperidine rings is 1. The van der Waals surface area contributed by atoms with Crippen molar-refractivity contribution in [3.05, 3.63) is 50.9 Å². The van der Waals surface area contributed by atoms with Gasteiger partial charge in [0.2, 0.25) is 11.9 Å². The van der Waals surface area contributed by atoms with E-state index in [4.69, 9.17) is 0 Å². The van der Waals surface area contributed by atoms with Crippen LogP contribution in [0.15, 0.2) is 16.9 Å². The van der Waals surface area contributed by atoms with E-state index in [0.29, 0.717) is 31.9 Å². The minimum absolute atomic E-state index is 0.0428. The average Bonchev–Trinajstić information content (AvgIpc) is 2.99. The fraction of sp³-hybridized carbons (Fsp3) is 0.450. The van der Waals surface area contributed by atoms with Crippen LogP contribution >= 0.6 is 0 Å². The highest BCUT2D eigenvalue weighted by Crippen LogP contribution is 2.47. The van der Waals surface area contributed by atoms with Gasteiger partial charge in [-0.15, -0.1) is 0 Å². The molecule has 5 rings (SSSR count). The summed E-state index contributed by atoms with van der Waals surface area (Å²) in [4.78, 5) is 34.5. The van der Waals surface area contributed by atoms with E-state index in [2.05, 4.69) is 15.3 Å². The molecule has 3 heterocycles. The van der Waals surface area contributed by atoms with Crippen molar-refractivity contribution >= 4 is 17.5 Å². The molecule has 0 atom stereocenters. The third-order valence-electron chi connectivity index (χ3n) is 6.35. The molecular weight excluding hydrogens is 366 g/mol. The molecule has 2 N–H and O–H groups in total. The topological polar surface area (TPSA) is 78.1 Å². The lowest BCUT2D eigenvalue weighted by Crippen LogP contribution is -2.47. The number of carbonyl (C=O) groups is 1.